The van der Waals surface area contributed by atoms with E-state index in [2.05, 4.69) is 0 Å². The fraction of sp³-hybridized carbons (Fsp3) is 0.0588. The van der Waals surface area contributed by atoms with Crippen LogP contribution in [0.5, 0.6) is 5.75 Å². The van der Waals surface area contributed by atoms with Crippen LogP contribution in [0.2, 0.25) is 0 Å². The molecule has 0 atom stereocenters. The van der Waals surface area contributed by atoms with Crippen LogP contribution in [0.1, 0.15) is 11.1 Å². The molecule has 0 saturated carbocycles. The van der Waals surface area contributed by atoms with Gasteiger partial charge in [-0.2, -0.15) is 0 Å². The Morgan fingerprint density at radius 2 is 1.55 bits per heavy atom. The number of nitro groups is 3. The van der Waals surface area contributed by atoms with Crippen LogP contribution in [-0.4, -0.2) is 35.9 Å². The standard InChI is InChI=1S/C17H10N4O9S/c22-15-10(5-12(20(27)28)7-13(15)21(29)30)6-14-16(23)18(17(24)31-14)8-9-1-3-11(4-2-9)19(25)26/h1-7,22H,8H2/b14-6-. The Bertz CT molecular complexity index is 1180. The Morgan fingerprint density at radius 1 is 0.935 bits per heavy atom. The monoisotopic (exact) mass is 446 g/mol. The molecule has 158 valence electrons. The molecule has 1 N–H and O–H groups in total. The van der Waals surface area contributed by atoms with E-state index in [0.29, 0.717) is 23.4 Å². The van der Waals surface area contributed by atoms with Crippen molar-refractivity contribution < 1.29 is 29.5 Å². The summed E-state index contributed by atoms with van der Waals surface area (Å²) in [6.45, 7) is -0.193. The minimum absolute atomic E-state index is 0.166. The highest BCUT2D eigenvalue weighted by atomic mass is 32.2. The summed E-state index contributed by atoms with van der Waals surface area (Å²) in [5, 5.41) is 42.2. The second-order valence-electron chi connectivity index (χ2n) is 6.11. The average molecular weight is 446 g/mol. The molecule has 1 saturated heterocycles. The van der Waals surface area contributed by atoms with Crippen LogP contribution in [0.4, 0.5) is 21.9 Å². The number of hydrogen-bond acceptors (Lipinski definition) is 10. The minimum Gasteiger partial charge on any atom is -0.502 e. The quantitative estimate of drug-likeness (QED) is 0.391. The summed E-state index contributed by atoms with van der Waals surface area (Å²) < 4.78 is 0. The number of non-ortho nitro benzene ring substituents is 2. The number of phenols is 1. The van der Waals surface area contributed by atoms with E-state index in [4.69, 9.17) is 0 Å². The molecule has 0 spiro atoms. The van der Waals surface area contributed by atoms with Crippen LogP contribution in [0, 0.1) is 30.3 Å². The summed E-state index contributed by atoms with van der Waals surface area (Å²) in [4.78, 5) is 55.7. The number of nitrogens with zero attached hydrogens (tertiary/aromatic N) is 4. The number of nitro benzene ring substituents is 3. The van der Waals surface area contributed by atoms with Crippen LogP contribution in [0.25, 0.3) is 6.08 Å². The van der Waals surface area contributed by atoms with Gasteiger partial charge in [-0.3, -0.25) is 44.8 Å². The summed E-state index contributed by atoms with van der Waals surface area (Å²) in [7, 11) is 0. The van der Waals surface area contributed by atoms with Crippen molar-refractivity contribution in [1.82, 2.24) is 4.90 Å². The Labute approximate surface area is 176 Å². The fourth-order valence-electron chi connectivity index (χ4n) is 2.66. The number of benzene rings is 2. The second kappa shape index (κ2) is 8.19. The predicted octanol–water partition coefficient (Wildman–Crippen LogP) is 3.35. The van der Waals surface area contributed by atoms with Gasteiger partial charge in [-0.25, -0.2) is 0 Å². The Hall–Kier alpha value is -4.33. The van der Waals surface area contributed by atoms with Gasteiger partial charge in [0.2, 0.25) is 5.75 Å². The Kier molecular flexibility index (Phi) is 5.65. The first-order valence-electron chi connectivity index (χ1n) is 8.23. The number of carbonyl (C=O) groups is 2. The van der Waals surface area contributed by atoms with E-state index < -0.39 is 43.0 Å². The molecular weight excluding hydrogens is 436 g/mol. The lowest BCUT2D eigenvalue weighted by molar-refractivity contribution is -0.394. The number of rotatable bonds is 6. The first-order chi connectivity index (χ1) is 14.6. The van der Waals surface area contributed by atoms with Crippen LogP contribution >= 0.6 is 11.8 Å². The van der Waals surface area contributed by atoms with Crippen LogP contribution in [0.15, 0.2) is 41.3 Å². The first-order valence-corrected chi connectivity index (χ1v) is 9.04. The molecule has 0 aromatic heterocycles. The number of aromatic hydroxyl groups is 1. The lowest BCUT2D eigenvalue weighted by Crippen LogP contribution is -2.27. The van der Waals surface area contributed by atoms with E-state index in [1.807, 2.05) is 0 Å². The van der Waals surface area contributed by atoms with E-state index in [-0.39, 0.29) is 22.7 Å². The van der Waals surface area contributed by atoms with E-state index in [1.165, 1.54) is 24.3 Å². The van der Waals surface area contributed by atoms with Crippen molar-refractivity contribution in [2.45, 2.75) is 6.54 Å². The van der Waals surface area contributed by atoms with Gasteiger partial charge in [0, 0.05) is 23.8 Å². The van der Waals surface area contributed by atoms with Crippen LogP contribution < -0.4 is 0 Å². The SMILES string of the molecule is O=C1S/C(=C\c2cc([N+](=O)[O-])cc([N+](=O)[O-])c2O)C(=O)N1Cc1ccc([N+](=O)[O-])cc1. The predicted molar refractivity (Wildman–Crippen MR) is 106 cm³/mol. The summed E-state index contributed by atoms with van der Waals surface area (Å²) in [5.41, 5.74) is -1.71. The largest absolute Gasteiger partial charge is 0.502 e. The van der Waals surface area contributed by atoms with Gasteiger partial charge in [-0.05, 0) is 23.4 Å². The molecular formula is C17H10N4O9S. The van der Waals surface area contributed by atoms with Crippen molar-refractivity contribution in [3.8, 4) is 5.75 Å². The van der Waals surface area contributed by atoms with Crippen LogP contribution in [-0.2, 0) is 11.3 Å². The van der Waals surface area contributed by atoms with Crippen molar-refractivity contribution >= 4 is 46.0 Å². The normalized spacial score (nSPS) is 14.8. The third-order valence-corrected chi connectivity index (χ3v) is 5.07. The fourth-order valence-corrected chi connectivity index (χ4v) is 3.49. The molecule has 1 aliphatic heterocycles. The van der Waals surface area contributed by atoms with Gasteiger partial charge in [-0.1, -0.05) is 12.1 Å². The molecule has 1 fully saturated rings. The maximum Gasteiger partial charge on any atom is 0.318 e. The molecule has 0 unspecified atom stereocenters. The highest BCUT2D eigenvalue weighted by Gasteiger charge is 2.36. The number of phenolic OH excluding ortho intramolecular Hbond substituents is 1. The van der Waals surface area contributed by atoms with Crippen molar-refractivity contribution in [3.63, 3.8) is 0 Å². The van der Waals surface area contributed by atoms with E-state index in [9.17, 15) is 45.0 Å². The van der Waals surface area contributed by atoms with Crippen molar-refractivity contribution in [2.24, 2.45) is 0 Å². The number of imide groups is 1. The lowest BCUT2D eigenvalue weighted by atomic mass is 10.1. The smallest absolute Gasteiger partial charge is 0.318 e. The summed E-state index contributed by atoms with van der Waals surface area (Å²) in [6, 6.07) is 6.59. The highest BCUT2D eigenvalue weighted by molar-refractivity contribution is 8.18. The molecule has 13 nitrogen and oxygen atoms in total. The van der Waals surface area contributed by atoms with Gasteiger partial charge in [0.15, 0.2) is 0 Å². The maximum absolute atomic E-state index is 12.6. The molecule has 2 aromatic rings. The Morgan fingerprint density at radius 3 is 2.10 bits per heavy atom. The van der Waals surface area contributed by atoms with Gasteiger partial charge in [-0.15, -0.1) is 0 Å². The number of hydrogen-bond donors (Lipinski definition) is 1. The summed E-state index contributed by atoms with van der Waals surface area (Å²) >= 11 is 0.481. The zero-order valence-electron chi connectivity index (χ0n) is 15.2. The molecule has 0 bridgehead atoms. The van der Waals surface area contributed by atoms with Gasteiger partial charge in [0.25, 0.3) is 22.5 Å². The number of thioether (sulfide) groups is 1. The van der Waals surface area contributed by atoms with E-state index in [0.717, 1.165) is 17.0 Å². The highest BCUT2D eigenvalue weighted by Crippen LogP contribution is 2.39. The molecule has 0 radical (unpaired) electrons. The average Bonchev–Trinajstić information content (AvgIpc) is 2.96. The van der Waals surface area contributed by atoms with Gasteiger partial charge in [0.1, 0.15) is 0 Å². The molecule has 1 heterocycles. The van der Waals surface area contributed by atoms with Crippen molar-refractivity contribution in [2.75, 3.05) is 0 Å². The van der Waals surface area contributed by atoms with Crippen LogP contribution in [0.3, 0.4) is 0 Å². The van der Waals surface area contributed by atoms with Gasteiger partial charge in [0.05, 0.1) is 32.3 Å². The molecule has 3 rings (SSSR count). The maximum atomic E-state index is 12.6. The summed E-state index contributed by atoms with van der Waals surface area (Å²) in [6.07, 6.45) is 0.954. The van der Waals surface area contributed by atoms with Crippen molar-refractivity contribution in [1.29, 1.82) is 0 Å². The molecule has 14 heteroatoms. The topological polar surface area (TPSA) is 187 Å². The summed E-state index contributed by atoms with van der Waals surface area (Å²) in [5.74, 6) is -1.68. The molecule has 2 aromatic carbocycles. The molecule has 0 aliphatic carbocycles. The number of carbonyl (C=O) groups excluding carboxylic acids is 2. The van der Waals surface area contributed by atoms with E-state index in [1.54, 1.807) is 0 Å². The third-order valence-electron chi connectivity index (χ3n) is 4.16. The lowest BCUT2D eigenvalue weighted by Gasteiger charge is -2.12. The zero-order chi connectivity index (χ0) is 22.9. The Balaban J connectivity index is 1.92. The molecule has 2 amide bonds. The van der Waals surface area contributed by atoms with Gasteiger partial charge >= 0.3 is 5.69 Å². The first kappa shape index (κ1) is 21.4. The zero-order valence-corrected chi connectivity index (χ0v) is 16.0. The minimum atomic E-state index is -1.01. The molecule has 1 aliphatic rings. The second-order valence-corrected chi connectivity index (χ2v) is 7.10. The van der Waals surface area contributed by atoms with Gasteiger partial charge < -0.3 is 5.11 Å². The molecule has 31 heavy (non-hydrogen) atoms. The third kappa shape index (κ3) is 4.32. The van der Waals surface area contributed by atoms with E-state index >= 15 is 0 Å². The number of amides is 2. The van der Waals surface area contributed by atoms with Crippen molar-refractivity contribution in [3.05, 3.63) is 82.8 Å².